The van der Waals surface area contributed by atoms with Gasteiger partial charge in [-0.3, -0.25) is 0 Å². The van der Waals surface area contributed by atoms with E-state index in [1.54, 1.807) is 9.75 Å². The fraction of sp³-hybridized carbons (Fsp3) is 0.471. The second-order valence-electron chi connectivity index (χ2n) is 10.7. The van der Waals surface area contributed by atoms with Gasteiger partial charge in [-0.1, -0.05) is 102 Å². The molecule has 0 fully saturated rings. The lowest BCUT2D eigenvalue weighted by molar-refractivity contribution is 0.565. The number of unbranched alkanes of at least 4 members (excludes halogenated alkanes) is 10. The molecule has 2 aromatic heterocycles. The third-order valence-corrected chi connectivity index (χ3v) is 10.2. The van der Waals surface area contributed by atoms with Crippen LogP contribution in [0.3, 0.4) is 0 Å². The van der Waals surface area contributed by atoms with E-state index in [0.29, 0.717) is 0 Å². The summed E-state index contributed by atoms with van der Waals surface area (Å²) in [6, 6.07) is 19.2. The van der Waals surface area contributed by atoms with E-state index in [1.807, 2.05) is 22.7 Å². The maximum Gasteiger partial charge on any atom is 0.0352 e. The molecular weight excluding hydrogens is 473 g/mol. The van der Waals surface area contributed by atoms with Gasteiger partial charge in [0.2, 0.25) is 0 Å². The Labute approximate surface area is 225 Å². The normalized spacial score (nSPS) is 12.1. The topological polar surface area (TPSA) is 0 Å². The van der Waals surface area contributed by atoms with Crippen LogP contribution in [0, 0.1) is 0 Å². The summed E-state index contributed by atoms with van der Waals surface area (Å²) >= 11 is 4.00. The molecule has 0 aliphatic rings. The van der Waals surface area contributed by atoms with Crippen molar-refractivity contribution in [3.63, 3.8) is 0 Å². The third kappa shape index (κ3) is 5.81. The fourth-order valence-electron chi connectivity index (χ4n) is 5.77. The van der Waals surface area contributed by atoms with Crippen LogP contribution in [0.5, 0.6) is 0 Å². The van der Waals surface area contributed by atoms with Gasteiger partial charge in [0.25, 0.3) is 0 Å². The summed E-state index contributed by atoms with van der Waals surface area (Å²) in [6.07, 6.45) is 19.0. The molecule has 0 aliphatic heterocycles. The van der Waals surface area contributed by atoms with Gasteiger partial charge in [0.05, 0.1) is 0 Å². The minimum atomic E-state index is 1.22. The zero-order valence-electron chi connectivity index (χ0n) is 22.3. The molecule has 0 bridgehead atoms. The van der Waals surface area contributed by atoms with Crippen LogP contribution in [0.2, 0.25) is 0 Å². The monoisotopic (exact) mass is 514 g/mol. The Morgan fingerprint density at radius 1 is 0.417 bits per heavy atom. The van der Waals surface area contributed by atoms with Gasteiger partial charge in [0, 0.05) is 29.9 Å². The Hall–Kier alpha value is -1.90. The molecular formula is C34H42S2. The first-order valence-electron chi connectivity index (χ1n) is 14.6. The maximum atomic E-state index is 2.49. The maximum absolute atomic E-state index is 2.49. The van der Waals surface area contributed by atoms with E-state index in [1.165, 1.54) is 132 Å². The van der Waals surface area contributed by atoms with E-state index >= 15 is 0 Å². The van der Waals surface area contributed by atoms with Crippen LogP contribution in [0.15, 0.2) is 48.5 Å². The van der Waals surface area contributed by atoms with Crippen LogP contribution in [0.4, 0.5) is 0 Å². The van der Waals surface area contributed by atoms with Gasteiger partial charge in [0.1, 0.15) is 0 Å². The summed E-state index contributed by atoms with van der Waals surface area (Å²) in [5.74, 6) is 0. The van der Waals surface area contributed by atoms with Crippen LogP contribution in [-0.2, 0) is 12.8 Å². The average Bonchev–Trinajstić information content (AvgIpc) is 3.51. The van der Waals surface area contributed by atoms with Crippen molar-refractivity contribution >= 4 is 64.4 Å². The van der Waals surface area contributed by atoms with Crippen LogP contribution < -0.4 is 0 Å². The highest BCUT2D eigenvalue weighted by Crippen LogP contribution is 2.39. The smallest absolute Gasteiger partial charge is 0.0352 e. The number of hydrogen-bond donors (Lipinski definition) is 0. The lowest BCUT2D eigenvalue weighted by Crippen LogP contribution is -1.83. The Bertz CT molecular complexity index is 1420. The molecule has 0 saturated heterocycles. The molecule has 0 spiro atoms. The van der Waals surface area contributed by atoms with Gasteiger partial charge >= 0.3 is 0 Å². The standard InChI is InChI=1S/C34H42S2/c1-3-5-7-8-9-10-11-12-14-16-26-24-32-30-18-17-29-27(28(30)20-22-34(32)36-26)19-21-33-31(29)23-25(35-33)15-13-6-4-2/h17-24H,3-16H2,1-2H3. The molecule has 0 amide bonds. The van der Waals surface area contributed by atoms with Crippen molar-refractivity contribution in [3.8, 4) is 0 Å². The highest BCUT2D eigenvalue weighted by Gasteiger charge is 2.11. The van der Waals surface area contributed by atoms with Gasteiger partial charge in [-0.15, -0.1) is 22.7 Å². The van der Waals surface area contributed by atoms with Crippen molar-refractivity contribution < 1.29 is 0 Å². The van der Waals surface area contributed by atoms with E-state index in [2.05, 4.69) is 62.4 Å². The Morgan fingerprint density at radius 3 is 1.28 bits per heavy atom. The number of fused-ring (bicyclic) bond motifs is 7. The van der Waals surface area contributed by atoms with Crippen LogP contribution >= 0.6 is 22.7 Å². The number of thiophene rings is 2. The van der Waals surface area contributed by atoms with Gasteiger partial charge in [-0.05, 0) is 71.5 Å². The first-order valence-corrected chi connectivity index (χ1v) is 16.2. The molecule has 0 N–H and O–H groups in total. The lowest BCUT2D eigenvalue weighted by atomic mass is 9.97. The summed E-state index contributed by atoms with van der Waals surface area (Å²) in [5, 5.41) is 8.56. The molecule has 5 aromatic rings. The van der Waals surface area contributed by atoms with Crippen molar-refractivity contribution in [1.82, 2.24) is 0 Å². The van der Waals surface area contributed by atoms with Crippen LogP contribution in [-0.4, -0.2) is 0 Å². The first kappa shape index (κ1) is 25.7. The fourth-order valence-corrected chi connectivity index (χ4v) is 8.01. The molecule has 0 nitrogen and oxygen atoms in total. The highest BCUT2D eigenvalue weighted by molar-refractivity contribution is 7.19. The minimum Gasteiger partial charge on any atom is -0.140 e. The summed E-state index contributed by atoms with van der Waals surface area (Å²) in [7, 11) is 0. The molecule has 0 radical (unpaired) electrons. The van der Waals surface area contributed by atoms with Crippen LogP contribution in [0.25, 0.3) is 41.7 Å². The summed E-state index contributed by atoms with van der Waals surface area (Å²) < 4.78 is 2.89. The van der Waals surface area contributed by atoms with Crippen molar-refractivity contribution in [2.75, 3.05) is 0 Å². The summed E-state index contributed by atoms with van der Waals surface area (Å²) in [4.78, 5) is 3.10. The highest BCUT2D eigenvalue weighted by atomic mass is 32.1. The molecule has 190 valence electrons. The van der Waals surface area contributed by atoms with Crippen molar-refractivity contribution in [2.45, 2.75) is 104 Å². The predicted octanol–water partition coefficient (Wildman–Crippen LogP) is 12.2. The molecule has 5 rings (SSSR count). The molecule has 0 saturated carbocycles. The van der Waals surface area contributed by atoms with Crippen molar-refractivity contribution in [2.24, 2.45) is 0 Å². The minimum absolute atomic E-state index is 1.22. The lowest BCUT2D eigenvalue weighted by Gasteiger charge is -2.06. The Kier molecular flexibility index (Phi) is 8.98. The molecule has 3 aromatic carbocycles. The second kappa shape index (κ2) is 12.6. The number of hydrogen-bond acceptors (Lipinski definition) is 2. The number of benzene rings is 3. The first-order chi connectivity index (χ1) is 17.8. The zero-order valence-corrected chi connectivity index (χ0v) is 24.0. The molecule has 2 heteroatoms. The van der Waals surface area contributed by atoms with Gasteiger partial charge < -0.3 is 0 Å². The average molecular weight is 515 g/mol. The van der Waals surface area contributed by atoms with Gasteiger partial charge in [0.15, 0.2) is 0 Å². The molecule has 0 atom stereocenters. The van der Waals surface area contributed by atoms with E-state index in [9.17, 15) is 0 Å². The van der Waals surface area contributed by atoms with E-state index < -0.39 is 0 Å². The van der Waals surface area contributed by atoms with Crippen molar-refractivity contribution in [1.29, 1.82) is 0 Å². The zero-order chi connectivity index (χ0) is 24.7. The van der Waals surface area contributed by atoms with Crippen LogP contribution in [0.1, 0.15) is 101 Å². The molecule has 0 aliphatic carbocycles. The van der Waals surface area contributed by atoms with Gasteiger partial charge in [-0.2, -0.15) is 0 Å². The van der Waals surface area contributed by atoms with E-state index in [4.69, 9.17) is 0 Å². The predicted molar refractivity (Wildman–Crippen MR) is 166 cm³/mol. The molecule has 36 heavy (non-hydrogen) atoms. The number of rotatable bonds is 14. The largest absolute Gasteiger partial charge is 0.140 e. The summed E-state index contributed by atoms with van der Waals surface area (Å²) in [6.45, 7) is 4.58. The Morgan fingerprint density at radius 2 is 0.778 bits per heavy atom. The Balaban J connectivity index is 1.30. The van der Waals surface area contributed by atoms with Gasteiger partial charge in [-0.25, -0.2) is 0 Å². The van der Waals surface area contributed by atoms with E-state index in [0.717, 1.165) is 0 Å². The van der Waals surface area contributed by atoms with E-state index in [-0.39, 0.29) is 0 Å². The SMILES string of the molecule is CCCCCCCCCCCc1cc2c(ccc3c2ccc2c4cc(CCCCC)sc4ccc23)s1. The molecule has 0 unspecified atom stereocenters. The number of aryl methyl sites for hydroxylation is 2. The summed E-state index contributed by atoms with van der Waals surface area (Å²) in [5.41, 5.74) is 0. The van der Waals surface area contributed by atoms with Crippen molar-refractivity contribution in [3.05, 3.63) is 58.3 Å². The third-order valence-electron chi connectivity index (χ3n) is 7.85. The second-order valence-corrected chi connectivity index (χ2v) is 13.0. The quantitative estimate of drug-likeness (QED) is 0.102. The molecule has 2 heterocycles.